The number of esters is 2. The lowest BCUT2D eigenvalue weighted by molar-refractivity contribution is -0.321. The van der Waals surface area contributed by atoms with Gasteiger partial charge in [-0.3, -0.25) is 9.59 Å². The number of hydrogen-bond donors (Lipinski definition) is 0. The molecule has 1 spiro atoms. The van der Waals surface area contributed by atoms with E-state index >= 15 is 0 Å². The Bertz CT molecular complexity index is 1100. The fraction of sp³-hybridized carbons (Fsp3) is 0.938. The normalized spacial score (nSPS) is 50.7. The average Bonchev–Trinajstić information content (AvgIpc) is 3.49. The third-order valence-electron chi connectivity index (χ3n) is 12.8. The first-order valence-corrected chi connectivity index (χ1v) is 15.8. The van der Waals surface area contributed by atoms with Crippen LogP contribution in [-0.4, -0.2) is 123 Å². The standard InChI is InChI=1S/C32H50O12/c1-29-20(36-3)11-12-32(44-28(29)34)19-10-9-17-13-30(19,21(25(29)32)26(33)40-7)15-31(17,41-8)16-42-27-24(39-6)23(38-5)22(37-4)18(43-27)14-35-2/h17-25,27H,9-16H2,1-8H3/t17?,18-,19-,20+,21-,22-,23+,24-,25-,27-,29?,30-,31+,32-/m0/s1. The highest BCUT2D eigenvalue weighted by molar-refractivity contribution is 5.85. The number of carbonyl (C=O) groups is 2. The molecule has 4 bridgehead atoms. The van der Waals surface area contributed by atoms with E-state index in [1.165, 1.54) is 7.11 Å². The van der Waals surface area contributed by atoms with E-state index in [2.05, 4.69) is 0 Å². The molecule has 44 heavy (non-hydrogen) atoms. The minimum Gasteiger partial charge on any atom is -0.469 e. The van der Waals surface area contributed by atoms with Crippen molar-refractivity contribution in [1.29, 1.82) is 0 Å². The van der Waals surface area contributed by atoms with Crippen LogP contribution in [-0.2, 0) is 57.0 Å². The molecule has 0 aromatic rings. The van der Waals surface area contributed by atoms with Crippen LogP contribution in [0.2, 0.25) is 0 Å². The van der Waals surface area contributed by atoms with E-state index in [9.17, 15) is 9.59 Å². The minimum atomic E-state index is -0.937. The molecule has 0 aromatic heterocycles. The third-order valence-corrected chi connectivity index (χ3v) is 12.8. The van der Waals surface area contributed by atoms with Crippen LogP contribution >= 0.6 is 0 Å². The molecule has 12 nitrogen and oxygen atoms in total. The summed E-state index contributed by atoms with van der Waals surface area (Å²) < 4.78 is 60.1. The first-order chi connectivity index (χ1) is 21.1. The van der Waals surface area contributed by atoms with Crippen molar-refractivity contribution in [1.82, 2.24) is 0 Å². The molecule has 2 heterocycles. The van der Waals surface area contributed by atoms with Gasteiger partial charge >= 0.3 is 11.9 Å². The molecule has 0 amide bonds. The predicted octanol–water partition coefficient (Wildman–Crippen LogP) is 2.14. The molecule has 4 saturated carbocycles. The second-order valence-electron chi connectivity index (χ2n) is 14.0. The zero-order chi connectivity index (χ0) is 31.7. The molecule has 2 aliphatic heterocycles. The van der Waals surface area contributed by atoms with E-state index in [-0.39, 0.29) is 42.4 Å². The number of ether oxygens (including phenoxy) is 10. The fourth-order valence-corrected chi connectivity index (χ4v) is 11.1. The van der Waals surface area contributed by atoms with Gasteiger partial charge in [-0.2, -0.15) is 0 Å². The fourth-order valence-electron chi connectivity index (χ4n) is 11.1. The third kappa shape index (κ3) is 4.17. The number of carbonyl (C=O) groups excluding carboxylic acids is 2. The van der Waals surface area contributed by atoms with Crippen LogP contribution in [0.25, 0.3) is 0 Å². The van der Waals surface area contributed by atoms with Gasteiger partial charge in [0.1, 0.15) is 30.0 Å². The van der Waals surface area contributed by atoms with Crippen LogP contribution in [0.5, 0.6) is 0 Å². The number of fused-ring (bicyclic) bond motifs is 1. The molecule has 6 aliphatic rings. The molecule has 2 saturated heterocycles. The van der Waals surface area contributed by atoms with Crippen molar-refractivity contribution in [3.63, 3.8) is 0 Å². The average molecular weight is 627 g/mol. The van der Waals surface area contributed by atoms with Gasteiger partial charge in [-0.05, 0) is 56.8 Å². The van der Waals surface area contributed by atoms with Gasteiger partial charge in [0, 0.05) is 54.5 Å². The van der Waals surface area contributed by atoms with Gasteiger partial charge in [0.15, 0.2) is 6.29 Å². The van der Waals surface area contributed by atoms with E-state index in [4.69, 9.17) is 47.4 Å². The lowest BCUT2D eigenvalue weighted by Gasteiger charge is -2.46. The molecule has 0 radical (unpaired) electrons. The van der Waals surface area contributed by atoms with E-state index in [0.717, 1.165) is 19.3 Å². The van der Waals surface area contributed by atoms with Gasteiger partial charge < -0.3 is 47.4 Å². The first kappa shape index (κ1) is 32.6. The van der Waals surface area contributed by atoms with Crippen molar-refractivity contribution in [2.75, 3.05) is 63.0 Å². The molecule has 2 unspecified atom stereocenters. The quantitative estimate of drug-likeness (QED) is 0.312. The van der Waals surface area contributed by atoms with Gasteiger partial charge in [0.05, 0.1) is 43.4 Å². The first-order valence-electron chi connectivity index (χ1n) is 15.8. The van der Waals surface area contributed by atoms with E-state index in [0.29, 0.717) is 25.9 Å². The van der Waals surface area contributed by atoms with Crippen molar-refractivity contribution in [2.24, 2.45) is 34.5 Å². The minimum absolute atomic E-state index is 0.00465. The maximum absolute atomic E-state index is 13.9. The summed E-state index contributed by atoms with van der Waals surface area (Å²) in [5.41, 5.74) is -2.84. The Labute approximate surface area is 259 Å². The molecule has 12 heteroatoms. The highest BCUT2D eigenvalue weighted by atomic mass is 16.7. The summed E-state index contributed by atoms with van der Waals surface area (Å²) in [5.74, 6) is -1.29. The van der Waals surface area contributed by atoms with Crippen molar-refractivity contribution in [3.8, 4) is 0 Å². The summed E-state index contributed by atoms with van der Waals surface area (Å²) in [6, 6.07) is 0. The number of methoxy groups -OCH3 is 7. The summed E-state index contributed by atoms with van der Waals surface area (Å²) in [7, 11) is 11.2. The topological polar surface area (TPSA) is 126 Å². The maximum atomic E-state index is 13.9. The molecular weight excluding hydrogens is 576 g/mol. The van der Waals surface area contributed by atoms with Gasteiger partial charge in [-0.25, -0.2) is 0 Å². The second kappa shape index (κ2) is 11.7. The van der Waals surface area contributed by atoms with Crippen molar-refractivity contribution < 1.29 is 57.0 Å². The largest absolute Gasteiger partial charge is 0.469 e. The SMILES string of the molecule is COC[C@@H]1O[C@H](OC[C@]2(OC)C[C@@]34CC2CC[C@@H]3[C@]23CC[C@@H](OC)C(C)(C(=O)O2)[C@@H]3[C@H]4C(=O)OC)[C@@H](OC)[C@H](OC)[C@H]1OC. The summed E-state index contributed by atoms with van der Waals surface area (Å²) >= 11 is 0. The summed E-state index contributed by atoms with van der Waals surface area (Å²) in [6.45, 7) is 2.45. The Morgan fingerprint density at radius 3 is 2.27 bits per heavy atom. The van der Waals surface area contributed by atoms with Crippen LogP contribution < -0.4 is 0 Å². The molecule has 6 rings (SSSR count). The van der Waals surface area contributed by atoms with Gasteiger partial charge in [0.2, 0.25) is 0 Å². The monoisotopic (exact) mass is 626 g/mol. The Balaban J connectivity index is 1.33. The zero-order valence-electron chi connectivity index (χ0n) is 27.3. The Kier molecular flexibility index (Phi) is 8.66. The molecule has 250 valence electrons. The molecule has 0 aromatic carbocycles. The molecule has 0 N–H and O–H groups in total. The van der Waals surface area contributed by atoms with E-state index < -0.39 is 58.7 Å². The van der Waals surface area contributed by atoms with Crippen LogP contribution in [0.4, 0.5) is 0 Å². The number of hydrogen-bond acceptors (Lipinski definition) is 12. The van der Waals surface area contributed by atoms with Gasteiger partial charge in [-0.15, -0.1) is 0 Å². The summed E-state index contributed by atoms with van der Waals surface area (Å²) in [5, 5.41) is 0. The van der Waals surface area contributed by atoms with E-state index in [1.807, 2.05) is 6.92 Å². The summed E-state index contributed by atoms with van der Waals surface area (Å²) in [4.78, 5) is 27.5. The summed E-state index contributed by atoms with van der Waals surface area (Å²) in [6.07, 6.45) is 1.47. The van der Waals surface area contributed by atoms with Crippen LogP contribution in [0.1, 0.15) is 45.4 Å². The van der Waals surface area contributed by atoms with Crippen LogP contribution in [0.15, 0.2) is 0 Å². The Hall–Kier alpha value is -1.38. The van der Waals surface area contributed by atoms with Crippen molar-refractivity contribution in [3.05, 3.63) is 0 Å². The zero-order valence-corrected chi connectivity index (χ0v) is 27.3. The highest BCUT2D eigenvalue weighted by Crippen LogP contribution is 2.79. The molecule has 6 fully saturated rings. The van der Waals surface area contributed by atoms with Crippen molar-refractivity contribution in [2.45, 2.75) is 93.5 Å². The smallest absolute Gasteiger partial charge is 0.315 e. The Morgan fingerprint density at radius 2 is 1.66 bits per heavy atom. The van der Waals surface area contributed by atoms with Crippen LogP contribution in [0, 0.1) is 34.5 Å². The molecular formula is C32H50O12. The highest BCUT2D eigenvalue weighted by Gasteiger charge is 2.85. The van der Waals surface area contributed by atoms with Crippen molar-refractivity contribution >= 4 is 11.9 Å². The molecule has 14 atom stereocenters. The predicted molar refractivity (Wildman–Crippen MR) is 152 cm³/mol. The van der Waals surface area contributed by atoms with Gasteiger partial charge in [0.25, 0.3) is 0 Å². The lowest BCUT2D eigenvalue weighted by atomic mass is 9.59. The second-order valence-corrected chi connectivity index (χ2v) is 14.0. The lowest BCUT2D eigenvalue weighted by Crippen LogP contribution is -2.61. The van der Waals surface area contributed by atoms with E-state index in [1.54, 1.807) is 42.7 Å². The molecule has 4 aliphatic carbocycles. The van der Waals surface area contributed by atoms with Crippen LogP contribution in [0.3, 0.4) is 0 Å². The van der Waals surface area contributed by atoms with Gasteiger partial charge in [-0.1, -0.05) is 0 Å². The Morgan fingerprint density at radius 1 is 0.932 bits per heavy atom. The number of rotatable bonds is 11. The maximum Gasteiger partial charge on any atom is 0.315 e.